The first kappa shape index (κ1) is 34.1. The highest BCUT2D eigenvalue weighted by atomic mass is 15.1. The standard InChI is InChI=1S/C53H44N2/c1-37-18-24-43(25-19-37)55(46-17-11-12-38(2)34-46)48-31-33-50-49-32-30-47(35-51(49)53(3,4)52(50)36-48)54(44-26-20-41(21-27-44)39-13-7-5-8-14-39)45-28-22-42(23-29-45)40-15-9-6-10-16-40/h5-36H,1-4H3. The maximum atomic E-state index is 2.42. The molecular formula is C53H44N2. The van der Waals surface area contributed by atoms with Crippen LogP contribution in [0.2, 0.25) is 0 Å². The van der Waals surface area contributed by atoms with Crippen LogP contribution in [0.5, 0.6) is 0 Å². The van der Waals surface area contributed by atoms with Gasteiger partial charge < -0.3 is 9.80 Å². The Morgan fingerprint density at radius 2 is 0.691 bits per heavy atom. The average molecular weight is 709 g/mol. The van der Waals surface area contributed by atoms with Crippen LogP contribution in [0.4, 0.5) is 34.1 Å². The van der Waals surface area contributed by atoms with E-state index in [1.54, 1.807) is 0 Å². The highest BCUT2D eigenvalue weighted by Gasteiger charge is 2.37. The van der Waals surface area contributed by atoms with E-state index in [0.29, 0.717) is 0 Å². The van der Waals surface area contributed by atoms with Crippen molar-refractivity contribution in [3.63, 3.8) is 0 Å². The Labute approximate surface area is 325 Å². The molecule has 1 aliphatic carbocycles. The zero-order chi connectivity index (χ0) is 37.5. The van der Waals surface area contributed by atoms with Gasteiger partial charge in [-0.15, -0.1) is 0 Å². The van der Waals surface area contributed by atoms with Crippen molar-refractivity contribution in [1.29, 1.82) is 0 Å². The fourth-order valence-corrected chi connectivity index (χ4v) is 8.21. The molecule has 0 N–H and O–H groups in total. The van der Waals surface area contributed by atoms with E-state index in [1.807, 2.05) is 0 Å². The van der Waals surface area contributed by atoms with E-state index < -0.39 is 0 Å². The van der Waals surface area contributed by atoms with Gasteiger partial charge in [0.05, 0.1) is 0 Å². The predicted octanol–water partition coefficient (Wildman–Crippen LogP) is 14.9. The lowest BCUT2D eigenvalue weighted by molar-refractivity contribution is 0.660. The van der Waals surface area contributed by atoms with E-state index >= 15 is 0 Å². The number of anilines is 6. The van der Waals surface area contributed by atoms with Gasteiger partial charge >= 0.3 is 0 Å². The summed E-state index contributed by atoms with van der Waals surface area (Å²) in [4.78, 5) is 4.78. The minimum atomic E-state index is -0.220. The van der Waals surface area contributed by atoms with Gasteiger partial charge in [0.1, 0.15) is 0 Å². The van der Waals surface area contributed by atoms with Crippen molar-refractivity contribution in [3.05, 3.63) is 216 Å². The van der Waals surface area contributed by atoms with Crippen molar-refractivity contribution in [2.24, 2.45) is 0 Å². The summed E-state index contributed by atoms with van der Waals surface area (Å²) >= 11 is 0. The molecule has 2 heteroatoms. The average Bonchev–Trinajstić information content (AvgIpc) is 3.45. The van der Waals surface area contributed by atoms with Crippen molar-refractivity contribution in [2.45, 2.75) is 33.1 Å². The van der Waals surface area contributed by atoms with Gasteiger partial charge in [0.2, 0.25) is 0 Å². The fourth-order valence-electron chi connectivity index (χ4n) is 8.21. The van der Waals surface area contributed by atoms with Crippen molar-refractivity contribution in [2.75, 3.05) is 9.80 Å². The molecule has 0 radical (unpaired) electrons. The topological polar surface area (TPSA) is 6.48 Å². The second kappa shape index (κ2) is 14.0. The van der Waals surface area contributed by atoms with Crippen LogP contribution in [0.15, 0.2) is 194 Å². The van der Waals surface area contributed by atoms with Gasteiger partial charge in [-0.25, -0.2) is 0 Å². The van der Waals surface area contributed by atoms with Crippen LogP contribution in [-0.2, 0) is 5.41 Å². The number of benzene rings is 8. The Morgan fingerprint density at radius 3 is 1.15 bits per heavy atom. The molecular weight excluding hydrogens is 665 g/mol. The van der Waals surface area contributed by atoms with Gasteiger partial charge in [-0.05, 0) is 137 Å². The van der Waals surface area contributed by atoms with Crippen LogP contribution in [0.1, 0.15) is 36.1 Å². The highest BCUT2D eigenvalue weighted by Crippen LogP contribution is 2.52. The monoisotopic (exact) mass is 708 g/mol. The molecule has 0 amide bonds. The zero-order valence-electron chi connectivity index (χ0n) is 31.9. The zero-order valence-corrected chi connectivity index (χ0v) is 31.9. The summed E-state index contributed by atoms with van der Waals surface area (Å²) in [7, 11) is 0. The highest BCUT2D eigenvalue weighted by molar-refractivity contribution is 5.89. The van der Waals surface area contributed by atoms with E-state index in [4.69, 9.17) is 0 Å². The van der Waals surface area contributed by atoms with Gasteiger partial charge in [0.15, 0.2) is 0 Å². The van der Waals surface area contributed by atoms with E-state index in [2.05, 4.69) is 232 Å². The number of nitrogens with zero attached hydrogens (tertiary/aromatic N) is 2. The molecule has 8 aromatic rings. The van der Waals surface area contributed by atoms with Gasteiger partial charge in [-0.2, -0.15) is 0 Å². The van der Waals surface area contributed by atoms with Crippen LogP contribution < -0.4 is 9.80 Å². The second-order valence-electron chi connectivity index (χ2n) is 15.3. The number of rotatable bonds is 8. The molecule has 0 fully saturated rings. The van der Waals surface area contributed by atoms with E-state index in [0.717, 1.165) is 34.1 Å². The maximum Gasteiger partial charge on any atom is 0.0465 e. The lowest BCUT2D eigenvalue weighted by Gasteiger charge is -2.29. The largest absolute Gasteiger partial charge is 0.310 e. The van der Waals surface area contributed by atoms with Gasteiger partial charge in [0.25, 0.3) is 0 Å². The number of hydrogen-bond donors (Lipinski definition) is 0. The van der Waals surface area contributed by atoms with Crippen LogP contribution in [0.3, 0.4) is 0 Å². The van der Waals surface area contributed by atoms with E-state index in [1.165, 1.54) is 55.6 Å². The molecule has 1 aliphatic rings. The summed E-state index contributed by atoms with van der Waals surface area (Å²) in [6, 6.07) is 70.8. The molecule has 0 aromatic heterocycles. The molecule has 9 rings (SSSR count). The molecule has 55 heavy (non-hydrogen) atoms. The second-order valence-corrected chi connectivity index (χ2v) is 15.3. The Bertz CT molecular complexity index is 2520. The van der Waals surface area contributed by atoms with Crippen LogP contribution in [0.25, 0.3) is 33.4 Å². The molecule has 0 saturated carbocycles. The Balaban J connectivity index is 1.13. The third kappa shape index (κ3) is 6.40. The molecule has 266 valence electrons. The number of fused-ring (bicyclic) bond motifs is 3. The first-order valence-electron chi connectivity index (χ1n) is 19.2. The van der Waals surface area contributed by atoms with Gasteiger partial charge in [-0.3, -0.25) is 0 Å². The smallest absolute Gasteiger partial charge is 0.0465 e. The quantitative estimate of drug-likeness (QED) is 0.155. The van der Waals surface area contributed by atoms with Gasteiger partial charge in [0, 0.05) is 39.5 Å². The SMILES string of the molecule is Cc1ccc(N(c2cccc(C)c2)c2ccc3c(c2)C(C)(C)c2cc(N(c4ccc(-c5ccccc5)cc4)c4ccc(-c5ccccc5)cc4)ccc2-3)cc1. The van der Waals surface area contributed by atoms with Crippen LogP contribution in [0, 0.1) is 13.8 Å². The summed E-state index contributed by atoms with van der Waals surface area (Å²) in [5, 5.41) is 0. The van der Waals surface area contributed by atoms with Crippen molar-refractivity contribution < 1.29 is 0 Å². The molecule has 0 aliphatic heterocycles. The van der Waals surface area contributed by atoms with Crippen molar-refractivity contribution in [3.8, 4) is 33.4 Å². The summed E-state index contributed by atoms with van der Waals surface area (Å²) in [6.45, 7) is 9.06. The minimum absolute atomic E-state index is 0.220. The summed E-state index contributed by atoms with van der Waals surface area (Å²) in [5.74, 6) is 0. The van der Waals surface area contributed by atoms with E-state index in [9.17, 15) is 0 Å². The molecule has 0 spiro atoms. The summed E-state index contributed by atoms with van der Waals surface area (Å²) < 4.78 is 0. The van der Waals surface area contributed by atoms with Gasteiger partial charge in [-0.1, -0.05) is 141 Å². The summed E-state index contributed by atoms with van der Waals surface area (Å²) in [6.07, 6.45) is 0. The van der Waals surface area contributed by atoms with Crippen LogP contribution >= 0.6 is 0 Å². The molecule has 0 saturated heterocycles. The lowest BCUT2D eigenvalue weighted by Crippen LogP contribution is -2.17. The molecule has 2 nitrogen and oxygen atoms in total. The van der Waals surface area contributed by atoms with Crippen molar-refractivity contribution in [1.82, 2.24) is 0 Å². The summed E-state index contributed by atoms with van der Waals surface area (Å²) in [5.41, 5.74) is 19.2. The Kier molecular flexibility index (Phi) is 8.67. The number of hydrogen-bond acceptors (Lipinski definition) is 2. The maximum absolute atomic E-state index is 2.42. The van der Waals surface area contributed by atoms with Crippen LogP contribution in [-0.4, -0.2) is 0 Å². The molecule has 0 bridgehead atoms. The lowest BCUT2D eigenvalue weighted by atomic mass is 9.82. The molecule has 0 unspecified atom stereocenters. The molecule has 0 heterocycles. The number of aryl methyl sites for hydroxylation is 2. The Morgan fingerprint density at radius 1 is 0.309 bits per heavy atom. The third-order valence-electron chi connectivity index (χ3n) is 11.2. The predicted molar refractivity (Wildman–Crippen MR) is 234 cm³/mol. The first-order chi connectivity index (χ1) is 26.8. The van der Waals surface area contributed by atoms with Crippen molar-refractivity contribution >= 4 is 34.1 Å². The third-order valence-corrected chi connectivity index (χ3v) is 11.2. The van der Waals surface area contributed by atoms with E-state index in [-0.39, 0.29) is 5.41 Å². The minimum Gasteiger partial charge on any atom is -0.310 e. The first-order valence-corrected chi connectivity index (χ1v) is 19.2. The molecule has 8 aromatic carbocycles. The molecule has 0 atom stereocenters. The normalized spacial score (nSPS) is 12.5. The Hall–Kier alpha value is -6.64. The fraction of sp³-hybridized carbons (Fsp3) is 0.0943.